The lowest BCUT2D eigenvalue weighted by molar-refractivity contribution is -0.0304. The van der Waals surface area contributed by atoms with Gasteiger partial charge >= 0.3 is 0 Å². The largest absolute Gasteiger partial charge is 0.154 e. The van der Waals surface area contributed by atoms with Gasteiger partial charge in [-0.15, -0.1) is 0 Å². The topological polar surface area (TPSA) is 0 Å². The highest BCUT2D eigenvalue weighted by molar-refractivity contribution is 8.00. The van der Waals surface area contributed by atoms with Crippen molar-refractivity contribution in [2.75, 3.05) is 5.75 Å². The smallest absolute Gasteiger partial charge is 0.0146 e. The van der Waals surface area contributed by atoms with Crippen LogP contribution in [0.25, 0.3) is 0 Å². The maximum atomic E-state index is 2.58. The first kappa shape index (κ1) is 10.1. The molecule has 3 fully saturated rings. The van der Waals surface area contributed by atoms with E-state index in [2.05, 4.69) is 17.8 Å². The third-order valence-electron chi connectivity index (χ3n) is 5.74. The molecule has 0 radical (unpaired) electrons. The molecule has 0 aromatic carbocycles. The zero-order valence-electron chi connectivity index (χ0n) is 10.0. The Bertz CT molecular complexity index is 305. The second-order valence-corrected chi connectivity index (χ2v) is 7.64. The quantitative estimate of drug-likeness (QED) is 0.611. The summed E-state index contributed by atoms with van der Waals surface area (Å²) in [7, 11) is 0. The molecular formula is C15H22S. The summed E-state index contributed by atoms with van der Waals surface area (Å²) in [5.41, 5.74) is 1.77. The summed E-state index contributed by atoms with van der Waals surface area (Å²) < 4.78 is 0. The third kappa shape index (κ3) is 1.43. The molecule has 4 unspecified atom stereocenters. The zero-order chi connectivity index (χ0) is 10.5. The molecule has 4 bridgehead atoms. The van der Waals surface area contributed by atoms with Gasteiger partial charge in [0.05, 0.1) is 0 Å². The van der Waals surface area contributed by atoms with Gasteiger partial charge in [-0.3, -0.25) is 0 Å². The molecule has 4 atom stereocenters. The van der Waals surface area contributed by atoms with Crippen LogP contribution in [-0.4, -0.2) is 11.0 Å². The van der Waals surface area contributed by atoms with E-state index in [0.29, 0.717) is 0 Å². The van der Waals surface area contributed by atoms with Gasteiger partial charge in [-0.05, 0) is 49.4 Å². The third-order valence-corrected chi connectivity index (χ3v) is 7.24. The van der Waals surface area contributed by atoms with Crippen LogP contribution in [0.15, 0.2) is 11.6 Å². The first-order valence-electron chi connectivity index (χ1n) is 7.21. The Labute approximate surface area is 103 Å². The van der Waals surface area contributed by atoms with E-state index >= 15 is 0 Å². The van der Waals surface area contributed by atoms with Crippen LogP contribution in [0.3, 0.4) is 0 Å². The molecule has 0 aromatic rings. The molecule has 1 heteroatoms. The van der Waals surface area contributed by atoms with Crippen LogP contribution >= 0.6 is 11.8 Å². The molecule has 2 heterocycles. The first-order chi connectivity index (χ1) is 7.92. The maximum Gasteiger partial charge on any atom is 0.0146 e. The van der Waals surface area contributed by atoms with Crippen molar-refractivity contribution in [1.82, 2.24) is 0 Å². The number of hydrogen-bond acceptors (Lipinski definition) is 1. The lowest BCUT2D eigenvalue weighted by Gasteiger charge is -2.54. The van der Waals surface area contributed by atoms with Crippen molar-refractivity contribution in [1.29, 1.82) is 0 Å². The number of fused-ring (bicyclic) bond motifs is 7. The minimum absolute atomic E-state index is 1.000. The van der Waals surface area contributed by atoms with Gasteiger partial charge in [0.25, 0.3) is 0 Å². The minimum atomic E-state index is 1.000. The SMILES string of the molecule is C1=C2CCC(C3C4CCCC3C4)C(C1)SC2. The van der Waals surface area contributed by atoms with Crippen LogP contribution < -0.4 is 0 Å². The van der Waals surface area contributed by atoms with E-state index in [9.17, 15) is 0 Å². The average molecular weight is 234 g/mol. The van der Waals surface area contributed by atoms with E-state index in [1.54, 1.807) is 31.3 Å². The van der Waals surface area contributed by atoms with Crippen molar-refractivity contribution in [2.24, 2.45) is 23.7 Å². The van der Waals surface area contributed by atoms with Crippen molar-refractivity contribution in [2.45, 2.75) is 50.2 Å². The van der Waals surface area contributed by atoms with Crippen LogP contribution in [0, 0.1) is 23.7 Å². The summed E-state index contributed by atoms with van der Waals surface area (Å²) in [4.78, 5) is 0. The van der Waals surface area contributed by atoms with E-state index in [-0.39, 0.29) is 0 Å². The highest BCUT2D eigenvalue weighted by Crippen LogP contribution is 2.58. The molecule has 3 aliphatic carbocycles. The fraction of sp³-hybridized carbons (Fsp3) is 0.867. The van der Waals surface area contributed by atoms with Gasteiger partial charge in [0.1, 0.15) is 0 Å². The Hall–Kier alpha value is 0.0900. The lowest BCUT2D eigenvalue weighted by atomic mass is 9.52. The summed E-state index contributed by atoms with van der Waals surface area (Å²) in [6.45, 7) is 0. The number of thioether (sulfide) groups is 1. The zero-order valence-corrected chi connectivity index (χ0v) is 10.8. The molecule has 2 aliphatic heterocycles. The van der Waals surface area contributed by atoms with Gasteiger partial charge in [-0.25, -0.2) is 0 Å². The maximum absolute atomic E-state index is 2.58. The Morgan fingerprint density at radius 3 is 2.69 bits per heavy atom. The van der Waals surface area contributed by atoms with E-state index in [1.807, 2.05) is 0 Å². The Morgan fingerprint density at radius 2 is 2.00 bits per heavy atom. The minimum Gasteiger partial charge on any atom is -0.154 e. The number of allylic oxidation sites excluding steroid dienone is 1. The number of rotatable bonds is 1. The fourth-order valence-electron chi connectivity index (χ4n) is 4.93. The Kier molecular flexibility index (Phi) is 2.39. The van der Waals surface area contributed by atoms with Gasteiger partial charge in [0, 0.05) is 11.0 Å². The van der Waals surface area contributed by atoms with E-state index in [0.717, 1.165) is 28.9 Å². The molecule has 0 spiro atoms. The second-order valence-electron chi connectivity index (χ2n) is 6.41. The fourth-order valence-corrected chi connectivity index (χ4v) is 6.42. The monoisotopic (exact) mass is 234 g/mol. The van der Waals surface area contributed by atoms with E-state index < -0.39 is 0 Å². The molecule has 5 aliphatic rings. The van der Waals surface area contributed by atoms with Crippen LogP contribution in [0.5, 0.6) is 0 Å². The molecule has 0 N–H and O–H groups in total. The molecule has 2 saturated carbocycles. The molecule has 0 amide bonds. The Morgan fingerprint density at radius 1 is 1.12 bits per heavy atom. The van der Waals surface area contributed by atoms with E-state index in [4.69, 9.17) is 0 Å². The summed E-state index contributed by atoms with van der Waals surface area (Å²) in [6.07, 6.45) is 13.2. The van der Waals surface area contributed by atoms with Crippen LogP contribution in [0.1, 0.15) is 44.9 Å². The molecule has 0 aromatic heterocycles. The lowest BCUT2D eigenvalue weighted by Crippen LogP contribution is -2.47. The van der Waals surface area contributed by atoms with Gasteiger partial charge < -0.3 is 0 Å². The molecule has 5 rings (SSSR count). The Balaban J connectivity index is 1.55. The summed E-state index contributed by atoms with van der Waals surface area (Å²) >= 11 is 2.29. The highest BCUT2D eigenvalue weighted by Gasteiger charge is 2.49. The molecular weight excluding hydrogens is 212 g/mol. The molecule has 0 nitrogen and oxygen atoms in total. The van der Waals surface area contributed by atoms with Crippen LogP contribution in [-0.2, 0) is 0 Å². The summed E-state index contributed by atoms with van der Waals surface area (Å²) in [5, 5.41) is 1.000. The average Bonchev–Trinajstić information content (AvgIpc) is 2.64. The highest BCUT2D eigenvalue weighted by atomic mass is 32.2. The summed E-state index contributed by atoms with van der Waals surface area (Å²) in [6, 6.07) is 0. The normalized spacial score (nSPS) is 50.5. The van der Waals surface area contributed by atoms with Crippen molar-refractivity contribution < 1.29 is 0 Å². The molecule has 16 heavy (non-hydrogen) atoms. The molecule has 1 saturated heterocycles. The number of hydrogen-bond donors (Lipinski definition) is 0. The van der Waals surface area contributed by atoms with Crippen LogP contribution in [0.2, 0.25) is 0 Å². The predicted octanol–water partition coefficient (Wildman–Crippen LogP) is 4.26. The van der Waals surface area contributed by atoms with Gasteiger partial charge in [-0.1, -0.05) is 30.9 Å². The van der Waals surface area contributed by atoms with Crippen molar-refractivity contribution in [3.05, 3.63) is 11.6 Å². The summed E-state index contributed by atoms with van der Waals surface area (Å²) in [5.74, 6) is 5.89. The van der Waals surface area contributed by atoms with Gasteiger partial charge in [0.15, 0.2) is 0 Å². The predicted molar refractivity (Wildman–Crippen MR) is 70.6 cm³/mol. The van der Waals surface area contributed by atoms with Crippen molar-refractivity contribution in [3.8, 4) is 0 Å². The van der Waals surface area contributed by atoms with E-state index in [1.165, 1.54) is 25.0 Å². The second kappa shape index (κ2) is 3.80. The van der Waals surface area contributed by atoms with Crippen LogP contribution in [0.4, 0.5) is 0 Å². The standard InChI is InChI=1S/C15H22S/c1-2-11-8-12(3-1)15(11)13-6-4-10-5-7-14(13)16-9-10/h5,11-15H,1-4,6-9H2. The van der Waals surface area contributed by atoms with Crippen molar-refractivity contribution >= 4 is 11.8 Å². The van der Waals surface area contributed by atoms with Crippen molar-refractivity contribution in [3.63, 3.8) is 0 Å². The van der Waals surface area contributed by atoms with Gasteiger partial charge in [-0.2, -0.15) is 11.8 Å². The molecule has 88 valence electrons. The first-order valence-corrected chi connectivity index (χ1v) is 8.26. The van der Waals surface area contributed by atoms with Gasteiger partial charge in [0.2, 0.25) is 0 Å².